The first-order valence-corrected chi connectivity index (χ1v) is 7.22. The molecule has 1 aliphatic carbocycles. The normalized spacial score (nSPS) is 26.8. The van der Waals surface area contributed by atoms with Gasteiger partial charge in [-0.2, -0.15) is 0 Å². The molecule has 3 atom stereocenters. The fourth-order valence-electron chi connectivity index (χ4n) is 1.83. The zero-order valence-electron chi connectivity index (χ0n) is 10.0. The first-order chi connectivity index (χ1) is 8.61. The van der Waals surface area contributed by atoms with Crippen LogP contribution in [0.3, 0.4) is 0 Å². The topological polar surface area (TPSA) is 18.5 Å². The van der Waals surface area contributed by atoms with Gasteiger partial charge in [0.1, 0.15) is 23.8 Å². The summed E-state index contributed by atoms with van der Waals surface area (Å²) in [6.45, 7) is 2.71. The fraction of sp³-hybridized carbons (Fsp3) is 0.538. The van der Waals surface area contributed by atoms with Crippen LogP contribution in [-0.2, 0) is 4.74 Å². The Morgan fingerprint density at radius 2 is 2.28 bits per heavy atom. The quantitative estimate of drug-likeness (QED) is 0.752. The Morgan fingerprint density at radius 1 is 1.50 bits per heavy atom. The smallest absolute Gasteiger partial charge is 0.141 e. The van der Waals surface area contributed by atoms with E-state index in [1.165, 1.54) is 6.07 Å². The molecule has 1 aliphatic rings. The Bertz CT molecular complexity index is 416. The molecule has 1 fully saturated rings. The largest absolute Gasteiger partial charge is 0.487 e. The van der Waals surface area contributed by atoms with E-state index in [4.69, 9.17) is 21.1 Å². The summed E-state index contributed by atoms with van der Waals surface area (Å²) in [7, 11) is 0. The Kier molecular flexibility index (Phi) is 4.87. The van der Waals surface area contributed by atoms with Gasteiger partial charge in [-0.3, -0.25) is 0 Å². The van der Waals surface area contributed by atoms with E-state index in [1.807, 2.05) is 6.92 Å². The third kappa shape index (κ3) is 3.16. The van der Waals surface area contributed by atoms with Crippen molar-refractivity contribution in [2.75, 3.05) is 6.61 Å². The first kappa shape index (κ1) is 14.1. The molecule has 1 aromatic rings. The molecule has 0 bridgehead atoms. The molecule has 1 saturated carbocycles. The Morgan fingerprint density at radius 3 is 2.89 bits per heavy atom. The van der Waals surface area contributed by atoms with Gasteiger partial charge in [-0.05, 0) is 34.5 Å². The third-order valence-corrected chi connectivity index (χ3v) is 3.94. The van der Waals surface area contributed by atoms with Crippen molar-refractivity contribution < 1.29 is 13.9 Å². The second-order valence-corrected chi connectivity index (χ2v) is 5.73. The number of hydrogen-bond donors (Lipinski definition) is 0. The van der Waals surface area contributed by atoms with Gasteiger partial charge in [0.2, 0.25) is 0 Å². The van der Waals surface area contributed by atoms with Gasteiger partial charge >= 0.3 is 0 Å². The van der Waals surface area contributed by atoms with Crippen LogP contribution in [-0.4, -0.2) is 24.2 Å². The molecule has 18 heavy (non-hydrogen) atoms. The average Bonchev–Trinajstić information content (AvgIpc) is 2.33. The van der Waals surface area contributed by atoms with Gasteiger partial charge in [-0.1, -0.05) is 6.92 Å². The molecule has 0 radical (unpaired) electrons. The van der Waals surface area contributed by atoms with Crippen molar-refractivity contribution in [3.63, 3.8) is 0 Å². The zero-order valence-corrected chi connectivity index (χ0v) is 12.4. The van der Waals surface area contributed by atoms with Crippen molar-refractivity contribution in [3.05, 3.63) is 28.5 Å². The molecule has 1 aromatic carbocycles. The molecule has 0 amide bonds. The first-order valence-electron chi connectivity index (χ1n) is 5.99. The summed E-state index contributed by atoms with van der Waals surface area (Å²) in [4.78, 5) is 0. The van der Waals surface area contributed by atoms with Crippen LogP contribution in [0.25, 0.3) is 0 Å². The molecule has 0 N–H and O–H groups in total. The minimum atomic E-state index is -0.333. The van der Waals surface area contributed by atoms with E-state index in [-0.39, 0.29) is 23.4 Å². The number of rotatable bonds is 5. The molecule has 100 valence electrons. The van der Waals surface area contributed by atoms with Crippen molar-refractivity contribution >= 4 is 27.5 Å². The maximum Gasteiger partial charge on any atom is 0.141 e. The van der Waals surface area contributed by atoms with Crippen LogP contribution < -0.4 is 4.74 Å². The molecule has 0 heterocycles. The van der Waals surface area contributed by atoms with Crippen molar-refractivity contribution in [2.45, 2.75) is 37.4 Å². The highest BCUT2D eigenvalue weighted by atomic mass is 79.9. The number of alkyl halides is 1. The maximum absolute atomic E-state index is 13.3. The molecule has 0 aliphatic heterocycles. The second-order valence-electron chi connectivity index (χ2n) is 4.32. The summed E-state index contributed by atoms with van der Waals surface area (Å²) in [5.74, 6) is 0.176. The van der Waals surface area contributed by atoms with Crippen LogP contribution in [0, 0.1) is 5.82 Å². The molecular weight excluding hydrogens is 322 g/mol. The highest BCUT2D eigenvalue weighted by molar-refractivity contribution is 9.10. The average molecular weight is 338 g/mol. The van der Waals surface area contributed by atoms with E-state index in [9.17, 15) is 4.39 Å². The summed E-state index contributed by atoms with van der Waals surface area (Å²) >= 11 is 9.19. The lowest BCUT2D eigenvalue weighted by atomic mass is 9.91. The van der Waals surface area contributed by atoms with Gasteiger partial charge in [0.25, 0.3) is 0 Å². The van der Waals surface area contributed by atoms with Crippen LogP contribution in [0.2, 0.25) is 0 Å². The van der Waals surface area contributed by atoms with Crippen molar-refractivity contribution in [3.8, 4) is 5.75 Å². The molecule has 2 rings (SSSR count). The molecule has 3 unspecified atom stereocenters. The molecule has 0 saturated heterocycles. The van der Waals surface area contributed by atoms with Crippen LogP contribution in [0.15, 0.2) is 22.7 Å². The van der Waals surface area contributed by atoms with Crippen molar-refractivity contribution in [1.29, 1.82) is 0 Å². The van der Waals surface area contributed by atoms with Crippen molar-refractivity contribution in [1.82, 2.24) is 0 Å². The molecule has 0 spiro atoms. The predicted molar refractivity (Wildman–Crippen MR) is 72.8 cm³/mol. The van der Waals surface area contributed by atoms with Crippen LogP contribution in [0.4, 0.5) is 4.39 Å². The van der Waals surface area contributed by atoms with Gasteiger partial charge in [0.15, 0.2) is 0 Å². The highest BCUT2D eigenvalue weighted by Crippen LogP contribution is 2.33. The summed E-state index contributed by atoms with van der Waals surface area (Å²) in [6, 6.07) is 4.72. The van der Waals surface area contributed by atoms with E-state index >= 15 is 0 Å². The SMILES string of the molecule is CCCOC1C(Cl)CC1Oc1ccc(Br)c(F)c1. The van der Waals surface area contributed by atoms with E-state index < -0.39 is 0 Å². The standard InChI is InChI=1S/C13H15BrClFO2/c1-2-5-17-13-10(15)7-12(13)18-8-3-4-9(14)11(16)6-8/h3-4,6,10,12-13H,2,5,7H2,1H3. The van der Waals surface area contributed by atoms with E-state index in [0.29, 0.717) is 16.8 Å². The number of benzene rings is 1. The minimum Gasteiger partial charge on any atom is -0.487 e. The van der Waals surface area contributed by atoms with Gasteiger partial charge in [-0.15, -0.1) is 11.6 Å². The lowest BCUT2D eigenvalue weighted by molar-refractivity contribution is -0.0798. The van der Waals surface area contributed by atoms with Gasteiger partial charge in [0, 0.05) is 19.1 Å². The van der Waals surface area contributed by atoms with Gasteiger partial charge in [0.05, 0.1) is 9.85 Å². The van der Waals surface area contributed by atoms with Crippen LogP contribution in [0.1, 0.15) is 19.8 Å². The van der Waals surface area contributed by atoms with E-state index in [2.05, 4.69) is 15.9 Å². The predicted octanol–water partition coefficient (Wildman–Crippen LogP) is 4.14. The van der Waals surface area contributed by atoms with E-state index in [1.54, 1.807) is 12.1 Å². The number of hydrogen-bond acceptors (Lipinski definition) is 2. The summed E-state index contributed by atoms with van der Waals surface area (Å²) in [5.41, 5.74) is 0. The van der Waals surface area contributed by atoms with Gasteiger partial charge < -0.3 is 9.47 Å². The lowest BCUT2D eigenvalue weighted by Crippen LogP contribution is -2.52. The van der Waals surface area contributed by atoms with E-state index in [0.717, 1.165) is 12.8 Å². The van der Waals surface area contributed by atoms with Crippen LogP contribution in [0.5, 0.6) is 5.75 Å². The second kappa shape index (κ2) is 6.22. The summed E-state index contributed by atoms with van der Waals surface area (Å²) in [6.07, 6.45) is 1.49. The van der Waals surface area contributed by atoms with Gasteiger partial charge in [-0.25, -0.2) is 4.39 Å². The maximum atomic E-state index is 13.3. The summed E-state index contributed by atoms with van der Waals surface area (Å²) in [5, 5.41) is -0.0122. The zero-order chi connectivity index (χ0) is 13.1. The molecule has 0 aromatic heterocycles. The van der Waals surface area contributed by atoms with Crippen molar-refractivity contribution in [2.24, 2.45) is 0 Å². The highest BCUT2D eigenvalue weighted by Gasteiger charge is 2.42. The third-order valence-electron chi connectivity index (χ3n) is 2.87. The molecule has 5 heteroatoms. The number of ether oxygens (including phenoxy) is 2. The minimum absolute atomic E-state index is 0.0122. The summed E-state index contributed by atoms with van der Waals surface area (Å²) < 4.78 is 25.1. The monoisotopic (exact) mass is 336 g/mol. The fourth-order valence-corrected chi connectivity index (χ4v) is 2.49. The Hall–Kier alpha value is -0.320. The molecular formula is C13H15BrClFO2. The van der Waals surface area contributed by atoms with Crippen LogP contribution >= 0.6 is 27.5 Å². The Labute approximate surface area is 120 Å². The number of halogens is 3. The molecule has 2 nitrogen and oxygen atoms in total. The Balaban J connectivity index is 1.94. The lowest BCUT2D eigenvalue weighted by Gasteiger charge is -2.40.